The highest BCUT2D eigenvalue weighted by molar-refractivity contribution is 5.91. The van der Waals surface area contributed by atoms with Crippen molar-refractivity contribution < 1.29 is 14.6 Å². The van der Waals surface area contributed by atoms with E-state index in [4.69, 9.17) is 4.74 Å². The fourth-order valence-electron chi connectivity index (χ4n) is 2.15. The Labute approximate surface area is 119 Å². The van der Waals surface area contributed by atoms with Crippen molar-refractivity contribution in [1.82, 2.24) is 5.32 Å². The summed E-state index contributed by atoms with van der Waals surface area (Å²) in [5, 5.41) is 13.0. The Bertz CT molecular complexity index is 495. The molecule has 1 aliphatic rings. The average molecular weight is 275 g/mol. The Morgan fingerprint density at radius 3 is 2.80 bits per heavy atom. The summed E-state index contributed by atoms with van der Waals surface area (Å²) in [6.45, 7) is 4.59. The molecule has 1 aliphatic heterocycles. The second kappa shape index (κ2) is 6.20. The van der Waals surface area contributed by atoms with Crippen LogP contribution in [0.5, 0.6) is 0 Å². The SMILES string of the molecule is Cc1ccc(/C=C/C(=O)NCC2(O)CCOC2C)cc1. The minimum atomic E-state index is -0.951. The van der Waals surface area contributed by atoms with Gasteiger partial charge in [0.15, 0.2) is 0 Å². The number of hydrogen-bond acceptors (Lipinski definition) is 3. The second-order valence-corrected chi connectivity index (χ2v) is 5.33. The molecule has 1 amide bonds. The van der Waals surface area contributed by atoms with Crippen molar-refractivity contribution in [1.29, 1.82) is 0 Å². The van der Waals surface area contributed by atoms with Crippen LogP contribution < -0.4 is 5.32 Å². The van der Waals surface area contributed by atoms with Gasteiger partial charge in [0.1, 0.15) is 5.60 Å². The number of aryl methyl sites for hydroxylation is 1. The smallest absolute Gasteiger partial charge is 0.244 e. The summed E-state index contributed by atoms with van der Waals surface area (Å²) < 4.78 is 5.32. The van der Waals surface area contributed by atoms with Gasteiger partial charge in [-0.1, -0.05) is 29.8 Å². The molecule has 1 saturated heterocycles. The molecule has 2 rings (SSSR count). The van der Waals surface area contributed by atoms with Crippen LogP contribution in [0.4, 0.5) is 0 Å². The zero-order valence-electron chi connectivity index (χ0n) is 11.9. The summed E-state index contributed by atoms with van der Waals surface area (Å²) in [4.78, 5) is 11.7. The van der Waals surface area contributed by atoms with Crippen LogP contribution in [0.15, 0.2) is 30.3 Å². The van der Waals surface area contributed by atoms with Crippen LogP contribution in [0.3, 0.4) is 0 Å². The monoisotopic (exact) mass is 275 g/mol. The fraction of sp³-hybridized carbons (Fsp3) is 0.438. The number of benzene rings is 1. The first-order valence-electron chi connectivity index (χ1n) is 6.86. The van der Waals surface area contributed by atoms with Gasteiger partial charge < -0.3 is 15.2 Å². The molecule has 0 aliphatic carbocycles. The third-order valence-electron chi connectivity index (χ3n) is 3.73. The molecule has 0 spiro atoms. The quantitative estimate of drug-likeness (QED) is 0.822. The van der Waals surface area contributed by atoms with Crippen LogP contribution in [-0.2, 0) is 9.53 Å². The molecular weight excluding hydrogens is 254 g/mol. The van der Waals surface area contributed by atoms with E-state index in [-0.39, 0.29) is 18.6 Å². The van der Waals surface area contributed by atoms with E-state index in [9.17, 15) is 9.90 Å². The number of aliphatic hydroxyl groups is 1. The summed E-state index contributed by atoms with van der Waals surface area (Å²) in [6, 6.07) is 7.91. The summed E-state index contributed by atoms with van der Waals surface area (Å²) in [6.07, 6.45) is 3.54. The molecule has 4 nitrogen and oxygen atoms in total. The van der Waals surface area contributed by atoms with Crippen LogP contribution in [0.1, 0.15) is 24.5 Å². The van der Waals surface area contributed by atoms with Crippen molar-refractivity contribution in [2.45, 2.75) is 32.0 Å². The van der Waals surface area contributed by atoms with Crippen molar-refractivity contribution in [2.75, 3.05) is 13.2 Å². The van der Waals surface area contributed by atoms with Gasteiger partial charge in [-0.25, -0.2) is 0 Å². The molecule has 2 N–H and O–H groups in total. The van der Waals surface area contributed by atoms with Gasteiger partial charge in [0.2, 0.25) is 5.91 Å². The van der Waals surface area contributed by atoms with Crippen LogP contribution in [-0.4, -0.2) is 35.9 Å². The van der Waals surface area contributed by atoms with Crippen molar-refractivity contribution in [2.24, 2.45) is 0 Å². The third-order valence-corrected chi connectivity index (χ3v) is 3.73. The third kappa shape index (κ3) is 3.68. The van der Waals surface area contributed by atoms with Crippen LogP contribution in [0.2, 0.25) is 0 Å². The van der Waals surface area contributed by atoms with E-state index in [1.54, 1.807) is 6.08 Å². The molecular formula is C16H21NO3. The maximum Gasteiger partial charge on any atom is 0.244 e. The Balaban J connectivity index is 1.85. The van der Waals surface area contributed by atoms with Gasteiger partial charge in [-0.2, -0.15) is 0 Å². The molecule has 1 aromatic rings. The number of carbonyl (C=O) groups excluding carboxylic acids is 1. The number of carbonyl (C=O) groups is 1. The second-order valence-electron chi connectivity index (χ2n) is 5.33. The maximum absolute atomic E-state index is 11.7. The first-order chi connectivity index (χ1) is 9.49. The highest BCUT2D eigenvalue weighted by Crippen LogP contribution is 2.24. The first kappa shape index (κ1) is 14.8. The number of amides is 1. The van der Waals surface area contributed by atoms with Gasteiger partial charge in [-0.3, -0.25) is 4.79 Å². The first-order valence-corrected chi connectivity index (χ1v) is 6.86. The van der Waals surface area contributed by atoms with Gasteiger partial charge >= 0.3 is 0 Å². The Hall–Kier alpha value is -1.65. The molecule has 1 aromatic carbocycles. The number of hydrogen-bond donors (Lipinski definition) is 2. The molecule has 0 radical (unpaired) electrons. The fourth-order valence-corrected chi connectivity index (χ4v) is 2.15. The molecule has 2 unspecified atom stereocenters. The Kier molecular flexibility index (Phi) is 4.57. The maximum atomic E-state index is 11.7. The van der Waals surface area contributed by atoms with Crippen molar-refractivity contribution in [3.63, 3.8) is 0 Å². The lowest BCUT2D eigenvalue weighted by Gasteiger charge is -2.25. The zero-order valence-corrected chi connectivity index (χ0v) is 11.9. The van der Waals surface area contributed by atoms with Crippen LogP contribution >= 0.6 is 0 Å². The summed E-state index contributed by atoms with van der Waals surface area (Å²) >= 11 is 0. The number of ether oxygens (including phenoxy) is 1. The highest BCUT2D eigenvalue weighted by atomic mass is 16.5. The van der Waals surface area contributed by atoms with E-state index < -0.39 is 5.60 Å². The molecule has 108 valence electrons. The molecule has 1 heterocycles. The Morgan fingerprint density at radius 2 is 2.20 bits per heavy atom. The van der Waals surface area contributed by atoms with Gasteiger partial charge in [-0.15, -0.1) is 0 Å². The molecule has 1 fully saturated rings. The van der Waals surface area contributed by atoms with Gasteiger partial charge in [0.25, 0.3) is 0 Å². The van der Waals surface area contributed by atoms with E-state index in [1.165, 1.54) is 11.6 Å². The van der Waals surface area contributed by atoms with Crippen molar-refractivity contribution in [3.8, 4) is 0 Å². The topological polar surface area (TPSA) is 58.6 Å². The molecule has 0 aromatic heterocycles. The normalized spacial score (nSPS) is 26.1. The van der Waals surface area contributed by atoms with E-state index >= 15 is 0 Å². The largest absolute Gasteiger partial charge is 0.385 e. The van der Waals surface area contributed by atoms with E-state index in [0.717, 1.165) is 5.56 Å². The lowest BCUT2D eigenvalue weighted by molar-refractivity contribution is -0.118. The van der Waals surface area contributed by atoms with Crippen molar-refractivity contribution >= 4 is 12.0 Å². The summed E-state index contributed by atoms with van der Waals surface area (Å²) in [7, 11) is 0. The number of rotatable bonds is 4. The lowest BCUT2D eigenvalue weighted by atomic mass is 9.97. The van der Waals surface area contributed by atoms with Gasteiger partial charge in [-0.05, 0) is 25.5 Å². The van der Waals surface area contributed by atoms with Crippen LogP contribution in [0.25, 0.3) is 6.08 Å². The van der Waals surface area contributed by atoms with E-state index in [2.05, 4.69) is 5.32 Å². The van der Waals surface area contributed by atoms with Gasteiger partial charge in [0.05, 0.1) is 6.10 Å². The molecule has 4 heteroatoms. The lowest BCUT2D eigenvalue weighted by Crippen LogP contribution is -2.47. The van der Waals surface area contributed by atoms with Crippen molar-refractivity contribution in [3.05, 3.63) is 41.5 Å². The van der Waals surface area contributed by atoms with Gasteiger partial charge in [0, 0.05) is 25.6 Å². The van der Waals surface area contributed by atoms with E-state index in [0.29, 0.717) is 13.0 Å². The minimum Gasteiger partial charge on any atom is -0.385 e. The molecule has 20 heavy (non-hydrogen) atoms. The Morgan fingerprint density at radius 1 is 1.50 bits per heavy atom. The predicted molar refractivity (Wildman–Crippen MR) is 78.2 cm³/mol. The zero-order chi connectivity index (χ0) is 14.6. The predicted octanol–water partition coefficient (Wildman–Crippen LogP) is 1.66. The average Bonchev–Trinajstić information content (AvgIpc) is 2.76. The number of nitrogens with one attached hydrogen (secondary N) is 1. The summed E-state index contributed by atoms with van der Waals surface area (Å²) in [5.74, 6) is -0.210. The van der Waals surface area contributed by atoms with E-state index in [1.807, 2.05) is 38.1 Å². The molecule has 0 bridgehead atoms. The highest BCUT2D eigenvalue weighted by Gasteiger charge is 2.39. The van der Waals surface area contributed by atoms with Crippen LogP contribution in [0, 0.1) is 6.92 Å². The standard InChI is InChI=1S/C16H21NO3/c1-12-3-5-14(6-4-12)7-8-15(18)17-11-16(19)9-10-20-13(16)2/h3-8,13,19H,9-11H2,1-2H3,(H,17,18)/b8-7+. The summed E-state index contributed by atoms with van der Waals surface area (Å²) in [5.41, 5.74) is 1.21. The molecule has 0 saturated carbocycles. The molecule has 2 atom stereocenters. The minimum absolute atomic E-state index is 0.210.